The molecule has 0 spiro atoms. The van der Waals surface area contributed by atoms with Gasteiger partial charge in [-0.15, -0.1) is 0 Å². The monoisotopic (exact) mass is 307 g/mol. The Bertz CT molecular complexity index is 720. The van der Waals surface area contributed by atoms with E-state index in [1.54, 1.807) is 4.90 Å². The van der Waals surface area contributed by atoms with Crippen molar-refractivity contribution in [2.45, 2.75) is 38.5 Å². The smallest absolute Gasteiger partial charge is 0.237 e. The molecule has 118 valence electrons. The van der Waals surface area contributed by atoms with Crippen LogP contribution in [0.3, 0.4) is 0 Å². The highest BCUT2D eigenvalue weighted by Gasteiger charge is 2.68. The summed E-state index contributed by atoms with van der Waals surface area (Å²) in [6.07, 6.45) is 7.03. The summed E-state index contributed by atoms with van der Waals surface area (Å²) in [7, 11) is 0. The third-order valence-electron chi connectivity index (χ3n) is 7.49. The van der Waals surface area contributed by atoms with Crippen LogP contribution in [-0.2, 0) is 22.4 Å². The van der Waals surface area contributed by atoms with E-state index < -0.39 is 0 Å². The molecular weight excluding hydrogens is 286 g/mol. The Hall–Kier alpha value is -1.64. The molecule has 0 unspecified atom stereocenters. The lowest BCUT2D eigenvalue weighted by Crippen LogP contribution is -2.43. The molecule has 0 aromatic heterocycles. The van der Waals surface area contributed by atoms with Gasteiger partial charge >= 0.3 is 0 Å². The van der Waals surface area contributed by atoms with E-state index in [2.05, 4.69) is 12.1 Å². The molecule has 1 aromatic rings. The van der Waals surface area contributed by atoms with E-state index in [-0.39, 0.29) is 23.7 Å². The van der Waals surface area contributed by atoms with E-state index in [0.717, 1.165) is 30.4 Å². The van der Waals surface area contributed by atoms with Crippen LogP contribution in [0.25, 0.3) is 0 Å². The van der Waals surface area contributed by atoms with Gasteiger partial charge in [-0.25, -0.2) is 0 Å². The zero-order chi connectivity index (χ0) is 15.3. The van der Waals surface area contributed by atoms with Gasteiger partial charge in [-0.2, -0.15) is 0 Å². The fourth-order valence-electron chi connectivity index (χ4n) is 6.49. The fraction of sp³-hybridized carbons (Fsp3) is 0.600. The summed E-state index contributed by atoms with van der Waals surface area (Å²) in [5, 5.41) is 0. The molecule has 2 amide bonds. The number of carbonyl (C=O) groups excluding carboxylic acids is 2. The van der Waals surface area contributed by atoms with E-state index in [0.29, 0.717) is 11.8 Å². The molecule has 0 N–H and O–H groups in total. The molecule has 1 heterocycles. The second-order valence-electron chi connectivity index (χ2n) is 8.34. The Morgan fingerprint density at radius 3 is 2.17 bits per heavy atom. The predicted octanol–water partition coefficient (Wildman–Crippen LogP) is 2.96. The lowest BCUT2D eigenvalue weighted by atomic mass is 9.59. The fourth-order valence-corrected chi connectivity index (χ4v) is 6.49. The van der Waals surface area contributed by atoms with E-state index >= 15 is 0 Å². The van der Waals surface area contributed by atoms with Gasteiger partial charge in [0.15, 0.2) is 0 Å². The normalized spacial score (nSPS) is 42.7. The number of nitrogens with zero attached hydrogens (tertiary/aromatic N) is 1. The number of fused-ring (bicyclic) bond motifs is 2. The third-order valence-corrected chi connectivity index (χ3v) is 7.49. The van der Waals surface area contributed by atoms with Crippen LogP contribution in [0, 0.1) is 35.5 Å². The first-order valence-corrected chi connectivity index (χ1v) is 9.23. The number of benzene rings is 1. The highest BCUT2D eigenvalue weighted by atomic mass is 16.2. The molecule has 7 rings (SSSR count). The number of aryl methyl sites for hydroxylation is 2. The first-order chi connectivity index (χ1) is 11.2. The number of anilines is 1. The summed E-state index contributed by atoms with van der Waals surface area (Å²) in [6, 6.07) is 6.24. The van der Waals surface area contributed by atoms with Crippen molar-refractivity contribution >= 4 is 17.5 Å². The van der Waals surface area contributed by atoms with Crippen molar-refractivity contribution in [1.82, 2.24) is 0 Å². The molecule has 23 heavy (non-hydrogen) atoms. The van der Waals surface area contributed by atoms with Gasteiger partial charge < -0.3 is 0 Å². The lowest BCUT2D eigenvalue weighted by molar-refractivity contribution is -0.129. The Morgan fingerprint density at radius 1 is 0.826 bits per heavy atom. The summed E-state index contributed by atoms with van der Waals surface area (Å²) in [5.41, 5.74) is 3.57. The molecule has 4 saturated carbocycles. The third kappa shape index (κ3) is 1.47. The summed E-state index contributed by atoms with van der Waals surface area (Å²) in [4.78, 5) is 27.8. The zero-order valence-corrected chi connectivity index (χ0v) is 13.2. The van der Waals surface area contributed by atoms with Crippen molar-refractivity contribution in [3.05, 3.63) is 29.3 Å². The zero-order valence-electron chi connectivity index (χ0n) is 13.2. The minimum absolute atomic E-state index is 0.00162. The maximum Gasteiger partial charge on any atom is 0.237 e. The van der Waals surface area contributed by atoms with E-state index in [1.807, 2.05) is 6.07 Å². The molecule has 1 saturated heterocycles. The Labute approximate surface area is 136 Å². The maximum absolute atomic E-state index is 13.1. The van der Waals surface area contributed by atoms with Crippen molar-refractivity contribution in [2.24, 2.45) is 35.5 Å². The van der Waals surface area contributed by atoms with Gasteiger partial charge in [0, 0.05) is 0 Å². The Balaban J connectivity index is 1.42. The maximum atomic E-state index is 13.1. The molecular formula is C20H21NO2. The average Bonchev–Trinajstić information content (AvgIpc) is 3.20. The van der Waals surface area contributed by atoms with Gasteiger partial charge in [0.2, 0.25) is 11.8 Å². The highest BCUT2D eigenvalue weighted by Crippen LogP contribution is 2.68. The van der Waals surface area contributed by atoms with Gasteiger partial charge in [-0.05, 0) is 85.5 Å². The molecule has 3 heteroatoms. The number of imide groups is 1. The average molecular weight is 307 g/mol. The topological polar surface area (TPSA) is 37.4 Å². The summed E-state index contributed by atoms with van der Waals surface area (Å²) < 4.78 is 0. The van der Waals surface area contributed by atoms with Crippen molar-refractivity contribution in [2.75, 3.05) is 4.90 Å². The number of hydrogen-bond acceptors (Lipinski definition) is 2. The van der Waals surface area contributed by atoms with Gasteiger partial charge in [0.25, 0.3) is 0 Å². The summed E-state index contributed by atoms with van der Waals surface area (Å²) >= 11 is 0. The molecule has 5 aliphatic carbocycles. The largest absolute Gasteiger partial charge is 0.274 e. The van der Waals surface area contributed by atoms with Gasteiger partial charge in [0.1, 0.15) is 0 Å². The highest BCUT2D eigenvalue weighted by molar-refractivity contribution is 6.22. The van der Waals surface area contributed by atoms with Gasteiger partial charge in [-0.3, -0.25) is 14.5 Å². The predicted molar refractivity (Wildman–Crippen MR) is 85.8 cm³/mol. The number of amides is 2. The molecule has 1 aliphatic heterocycles. The van der Waals surface area contributed by atoms with Crippen LogP contribution in [0.1, 0.15) is 36.8 Å². The van der Waals surface area contributed by atoms with Crippen LogP contribution in [-0.4, -0.2) is 11.8 Å². The molecule has 3 nitrogen and oxygen atoms in total. The van der Waals surface area contributed by atoms with Crippen molar-refractivity contribution in [3.63, 3.8) is 0 Å². The van der Waals surface area contributed by atoms with Crippen LogP contribution in [0.15, 0.2) is 18.2 Å². The quantitative estimate of drug-likeness (QED) is 0.748. The van der Waals surface area contributed by atoms with E-state index in [1.165, 1.54) is 36.8 Å². The molecule has 5 fully saturated rings. The van der Waals surface area contributed by atoms with Crippen LogP contribution >= 0.6 is 0 Å². The second kappa shape index (κ2) is 4.06. The molecule has 0 radical (unpaired) electrons. The lowest BCUT2D eigenvalue weighted by Gasteiger charge is -2.42. The van der Waals surface area contributed by atoms with Crippen molar-refractivity contribution < 1.29 is 9.59 Å². The summed E-state index contributed by atoms with van der Waals surface area (Å²) in [6.45, 7) is 0. The van der Waals surface area contributed by atoms with Crippen LogP contribution in [0.5, 0.6) is 0 Å². The standard InChI is InChI=1S/C20H21NO2/c22-19-17-13-6-7-14(16-9-15(13)16)18(17)20(23)21(19)12-5-4-10-2-1-3-11(10)8-12/h4-5,8,13-18H,1-3,6-7,9H2/t13-,14+,15-,16+,17-,18+. The van der Waals surface area contributed by atoms with E-state index in [4.69, 9.17) is 0 Å². The second-order valence-corrected chi connectivity index (χ2v) is 8.34. The first-order valence-electron chi connectivity index (χ1n) is 9.23. The van der Waals surface area contributed by atoms with Crippen LogP contribution in [0.2, 0.25) is 0 Å². The molecule has 6 atom stereocenters. The Morgan fingerprint density at radius 2 is 1.48 bits per heavy atom. The number of hydrogen-bond donors (Lipinski definition) is 0. The van der Waals surface area contributed by atoms with Crippen LogP contribution < -0.4 is 4.90 Å². The first kappa shape index (κ1) is 12.7. The Kier molecular flexibility index (Phi) is 2.25. The van der Waals surface area contributed by atoms with Crippen LogP contribution in [0.4, 0.5) is 5.69 Å². The molecule has 1 aromatic carbocycles. The number of carbonyl (C=O) groups is 2. The van der Waals surface area contributed by atoms with Crippen molar-refractivity contribution in [3.8, 4) is 0 Å². The number of rotatable bonds is 1. The van der Waals surface area contributed by atoms with E-state index in [9.17, 15) is 9.59 Å². The van der Waals surface area contributed by atoms with Gasteiger partial charge in [-0.1, -0.05) is 6.07 Å². The minimum atomic E-state index is -0.00162. The molecule has 2 bridgehead atoms. The van der Waals surface area contributed by atoms with Crippen molar-refractivity contribution in [1.29, 1.82) is 0 Å². The minimum Gasteiger partial charge on any atom is -0.274 e. The summed E-state index contributed by atoms with van der Waals surface area (Å²) in [5.74, 6) is 2.71. The SMILES string of the molecule is O=C1[C@@H]2[C@@H]3CC[C@@H]([C@@H]4C[C@@H]43)[C@@H]2C(=O)N1c1ccc2c(c1)CCC2. The molecule has 6 aliphatic rings. The van der Waals surface area contributed by atoms with Gasteiger partial charge in [0.05, 0.1) is 17.5 Å².